The topological polar surface area (TPSA) is 32.3 Å². The molecular formula is C17H30N2O. The number of likely N-dealkylation sites (tertiary alicyclic amines) is 1. The molecule has 1 saturated carbocycles. The zero-order valence-electron chi connectivity index (χ0n) is 13.0. The molecule has 20 heavy (non-hydrogen) atoms. The van der Waals surface area contributed by atoms with Gasteiger partial charge in [0.25, 0.3) is 0 Å². The van der Waals surface area contributed by atoms with E-state index in [4.69, 9.17) is 0 Å². The minimum Gasteiger partial charge on any atom is -0.339 e. The molecule has 3 aliphatic rings. The van der Waals surface area contributed by atoms with E-state index in [0.717, 1.165) is 38.4 Å². The molecule has 2 heterocycles. The van der Waals surface area contributed by atoms with E-state index < -0.39 is 0 Å². The maximum Gasteiger partial charge on any atom is 0.230 e. The van der Waals surface area contributed by atoms with Crippen LogP contribution in [0.5, 0.6) is 0 Å². The number of nitrogens with zero attached hydrogens (tertiary/aromatic N) is 1. The highest BCUT2D eigenvalue weighted by Crippen LogP contribution is 2.37. The van der Waals surface area contributed by atoms with E-state index in [1.165, 1.54) is 44.9 Å². The van der Waals surface area contributed by atoms with Gasteiger partial charge in [-0.05, 0) is 57.9 Å². The van der Waals surface area contributed by atoms with E-state index in [2.05, 4.69) is 17.1 Å². The van der Waals surface area contributed by atoms with Gasteiger partial charge in [0.2, 0.25) is 5.91 Å². The third kappa shape index (κ3) is 2.74. The van der Waals surface area contributed by atoms with Crippen molar-refractivity contribution >= 4 is 5.91 Å². The van der Waals surface area contributed by atoms with Crippen molar-refractivity contribution in [3.63, 3.8) is 0 Å². The first-order chi connectivity index (χ1) is 9.71. The van der Waals surface area contributed by atoms with Gasteiger partial charge in [0.1, 0.15) is 0 Å². The second kappa shape index (κ2) is 6.05. The van der Waals surface area contributed by atoms with E-state index in [-0.39, 0.29) is 5.41 Å². The molecule has 0 aromatic rings. The molecule has 1 amide bonds. The fourth-order valence-corrected chi connectivity index (χ4v) is 4.64. The second-order valence-electron chi connectivity index (χ2n) is 7.45. The standard InChI is InChI=1S/C17H30N2O/c1-17(10-6-11-18-13-17)16(20)19-12-5-9-15(19)14-7-3-2-4-8-14/h14-15,18H,2-13H2,1H3. The molecule has 0 bridgehead atoms. The Morgan fingerprint density at radius 3 is 2.60 bits per heavy atom. The monoisotopic (exact) mass is 278 g/mol. The average molecular weight is 278 g/mol. The Bertz CT molecular complexity index is 343. The fourth-order valence-electron chi connectivity index (χ4n) is 4.64. The minimum atomic E-state index is -0.143. The summed E-state index contributed by atoms with van der Waals surface area (Å²) in [5, 5.41) is 3.43. The Kier molecular flexibility index (Phi) is 4.34. The van der Waals surface area contributed by atoms with Crippen molar-refractivity contribution in [2.75, 3.05) is 19.6 Å². The molecule has 0 spiro atoms. The van der Waals surface area contributed by atoms with E-state index in [1.54, 1.807) is 0 Å². The van der Waals surface area contributed by atoms with Crippen LogP contribution in [0.25, 0.3) is 0 Å². The molecular weight excluding hydrogens is 248 g/mol. The molecule has 1 aliphatic carbocycles. The first-order valence-electron chi connectivity index (χ1n) is 8.72. The summed E-state index contributed by atoms with van der Waals surface area (Å²) in [5.74, 6) is 1.23. The van der Waals surface area contributed by atoms with E-state index >= 15 is 0 Å². The predicted molar refractivity (Wildman–Crippen MR) is 81.5 cm³/mol. The first-order valence-corrected chi connectivity index (χ1v) is 8.72. The second-order valence-corrected chi connectivity index (χ2v) is 7.45. The maximum atomic E-state index is 13.1. The Morgan fingerprint density at radius 1 is 1.10 bits per heavy atom. The number of amides is 1. The van der Waals surface area contributed by atoms with Crippen molar-refractivity contribution < 1.29 is 4.79 Å². The highest BCUT2D eigenvalue weighted by Gasteiger charge is 2.43. The van der Waals surface area contributed by atoms with Gasteiger partial charge in [0.05, 0.1) is 5.41 Å². The molecule has 2 saturated heterocycles. The first kappa shape index (κ1) is 14.4. The van der Waals surface area contributed by atoms with Gasteiger partial charge in [-0.2, -0.15) is 0 Å². The van der Waals surface area contributed by atoms with E-state index in [9.17, 15) is 4.79 Å². The Hall–Kier alpha value is -0.570. The summed E-state index contributed by atoms with van der Waals surface area (Å²) in [7, 11) is 0. The minimum absolute atomic E-state index is 0.143. The van der Waals surface area contributed by atoms with Crippen LogP contribution in [0.1, 0.15) is 64.7 Å². The smallest absolute Gasteiger partial charge is 0.230 e. The number of hydrogen-bond acceptors (Lipinski definition) is 2. The van der Waals surface area contributed by atoms with Gasteiger partial charge in [-0.15, -0.1) is 0 Å². The average Bonchev–Trinajstić information content (AvgIpc) is 2.97. The fraction of sp³-hybridized carbons (Fsp3) is 0.941. The quantitative estimate of drug-likeness (QED) is 0.842. The van der Waals surface area contributed by atoms with Crippen molar-refractivity contribution in [1.82, 2.24) is 10.2 Å². The van der Waals surface area contributed by atoms with Crippen LogP contribution in [0.15, 0.2) is 0 Å². The number of carbonyl (C=O) groups excluding carboxylic acids is 1. The molecule has 3 rings (SSSR count). The zero-order chi connectivity index (χ0) is 14.0. The molecule has 2 atom stereocenters. The van der Waals surface area contributed by atoms with Crippen molar-refractivity contribution in [3.05, 3.63) is 0 Å². The van der Waals surface area contributed by atoms with Gasteiger partial charge in [0, 0.05) is 19.1 Å². The van der Waals surface area contributed by atoms with E-state index in [0.29, 0.717) is 11.9 Å². The SMILES string of the molecule is CC1(C(=O)N2CCCC2C2CCCCC2)CCCNC1. The summed E-state index contributed by atoms with van der Waals surface area (Å²) >= 11 is 0. The van der Waals surface area contributed by atoms with Crippen LogP contribution in [-0.2, 0) is 4.79 Å². The number of nitrogens with one attached hydrogen (secondary N) is 1. The lowest BCUT2D eigenvalue weighted by Crippen LogP contribution is -2.52. The third-order valence-corrected chi connectivity index (χ3v) is 5.87. The lowest BCUT2D eigenvalue weighted by atomic mass is 9.79. The van der Waals surface area contributed by atoms with Crippen LogP contribution in [0, 0.1) is 11.3 Å². The number of hydrogen-bond donors (Lipinski definition) is 1. The summed E-state index contributed by atoms with van der Waals surface area (Å²) in [6, 6.07) is 0.557. The molecule has 2 unspecified atom stereocenters. The number of carbonyl (C=O) groups is 1. The van der Waals surface area contributed by atoms with Crippen LogP contribution in [-0.4, -0.2) is 36.5 Å². The molecule has 0 radical (unpaired) electrons. The Balaban J connectivity index is 1.69. The van der Waals surface area contributed by atoms with Gasteiger partial charge < -0.3 is 10.2 Å². The maximum absolute atomic E-state index is 13.1. The lowest BCUT2D eigenvalue weighted by molar-refractivity contribution is -0.144. The zero-order valence-corrected chi connectivity index (χ0v) is 13.0. The summed E-state index contributed by atoms with van der Waals surface area (Å²) < 4.78 is 0. The van der Waals surface area contributed by atoms with Crippen molar-refractivity contribution in [2.24, 2.45) is 11.3 Å². The van der Waals surface area contributed by atoms with Gasteiger partial charge in [-0.25, -0.2) is 0 Å². The highest BCUT2D eigenvalue weighted by atomic mass is 16.2. The van der Waals surface area contributed by atoms with Gasteiger partial charge >= 0.3 is 0 Å². The van der Waals surface area contributed by atoms with Crippen LogP contribution < -0.4 is 5.32 Å². The summed E-state index contributed by atoms with van der Waals surface area (Å²) in [5.41, 5.74) is -0.143. The van der Waals surface area contributed by atoms with Crippen LogP contribution >= 0.6 is 0 Å². The molecule has 0 aromatic heterocycles. The predicted octanol–water partition coefficient (Wildman–Crippen LogP) is 2.95. The van der Waals surface area contributed by atoms with Gasteiger partial charge in [0.15, 0.2) is 0 Å². The van der Waals surface area contributed by atoms with Crippen molar-refractivity contribution in [2.45, 2.75) is 70.8 Å². The molecule has 2 aliphatic heterocycles. The number of rotatable bonds is 2. The normalized spacial score (nSPS) is 36.2. The van der Waals surface area contributed by atoms with Crippen LogP contribution in [0.3, 0.4) is 0 Å². The highest BCUT2D eigenvalue weighted by molar-refractivity contribution is 5.83. The third-order valence-electron chi connectivity index (χ3n) is 5.87. The molecule has 0 aromatic carbocycles. The molecule has 3 fully saturated rings. The molecule has 1 N–H and O–H groups in total. The van der Waals surface area contributed by atoms with Gasteiger partial charge in [-0.1, -0.05) is 19.3 Å². The molecule has 3 heteroatoms. The molecule has 3 nitrogen and oxygen atoms in total. The number of piperidine rings is 1. The van der Waals surface area contributed by atoms with Crippen molar-refractivity contribution in [3.8, 4) is 0 Å². The van der Waals surface area contributed by atoms with Gasteiger partial charge in [-0.3, -0.25) is 4.79 Å². The van der Waals surface area contributed by atoms with E-state index in [1.807, 2.05) is 0 Å². The summed E-state index contributed by atoms with van der Waals surface area (Å²) in [6.07, 6.45) is 11.5. The largest absolute Gasteiger partial charge is 0.339 e. The van der Waals surface area contributed by atoms with Crippen LogP contribution in [0.2, 0.25) is 0 Å². The molecule has 114 valence electrons. The summed E-state index contributed by atoms with van der Waals surface area (Å²) in [6.45, 7) is 5.14. The lowest BCUT2D eigenvalue weighted by Gasteiger charge is -2.41. The Labute approximate surface area is 123 Å². The van der Waals surface area contributed by atoms with Crippen molar-refractivity contribution in [1.29, 1.82) is 0 Å². The summed E-state index contributed by atoms with van der Waals surface area (Å²) in [4.78, 5) is 15.3. The van der Waals surface area contributed by atoms with Crippen LogP contribution in [0.4, 0.5) is 0 Å². The Morgan fingerprint density at radius 2 is 1.90 bits per heavy atom.